The third-order valence-electron chi connectivity index (χ3n) is 3.93. The summed E-state index contributed by atoms with van der Waals surface area (Å²) in [7, 11) is 0. The summed E-state index contributed by atoms with van der Waals surface area (Å²) in [5, 5.41) is 3.24. The molecule has 0 aliphatic heterocycles. The van der Waals surface area contributed by atoms with E-state index in [-0.39, 0.29) is 5.95 Å². The van der Waals surface area contributed by atoms with Gasteiger partial charge in [0.25, 0.3) is 0 Å². The molecule has 2 aromatic heterocycles. The molecule has 0 radical (unpaired) electrons. The summed E-state index contributed by atoms with van der Waals surface area (Å²) in [6, 6.07) is 22.6. The number of hydrogen-bond acceptors (Lipinski definition) is 7. The predicted octanol–water partition coefficient (Wildman–Crippen LogP) is 4.24. The standard InChI is InChI=1S/C21H18N6O/c22-19-12-17(10-11-24-19)28-16-8-6-15(7-9-16)25-20-13-18(26-21(23)27-20)14-4-2-1-3-5-14/h1-13H,(H2,22,24)(H3,23,25,26,27). The number of pyridine rings is 1. The van der Waals surface area contributed by atoms with E-state index in [1.165, 1.54) is 0 Å². The molecule has 0 bridgehead atoms. The molecule has 138 valence electrons. The molecule has 0 fully saturated rings. The third kappa shape index (κ3) is 4.16. The highest BCUT2D eigenvalue weighted by atomic mass is 16.5. The highest BCUT2D eigenvalue weighted by molar-refractivity contribution is 5.67. The van der Waals surface area contributed by atoms with Crippen LogP contribution in [-0.4, -0.2) is 15.0 Å². The van der Waals surface area contributed by atoms with Crippen molar-refractivity contribution >= 4 is 23.3 Å². The smallest absolute Gasteiger partial charge is 0.222 e. The Morgan fingerprint density at radius 2 is 1.57 bits per heavy atom. The number of ether oxygens (including phenoxy) is 1. The van der Waals surface area contributed by atoms with Crippen molar-refractivity contribution in [2.24, 2.45) is 0 Å². The number of anilines is 4. The molecule has 4 rings (SSSR count). The van der Waals surface area contributed by atoms with Gasteiger partial charge in [0.05, 0.1) is 5.69 Å². The van der Waals surface area contributed by atoms with E-state index >= 15 is 0 Å². The zero-order valence-electron chi connectivity index (χ0n) is 14.9. The van der Waals surface area contributed by atoms with E-state index in [0.29, 0.717) is 23.1 Å². The van der Waals surface area contributed by atoms with Crippen molar-refractivity contribution in [1.82, 2.24) is 15.0 Å². The molecule has 0 aliphatic rings. The summed E-state index contributed by atoms with van der Waals surface area (Å²) < 4.78 is 5.77. The molecule has 0 saturated heterocycles. The molecule has 0 amide bonds. The number of rotatable bonds is 5. The number of nitrogens with two attached hydrogens (primary N) is 2. The molecular weight excluding hydrogens is 352 g/mol. The Hall–Kier alpha value is -4.13. The Bertz CT molecular complexity index is 1080. The second kappa shape index (κ2) is 7.63. The van der Waals surface area contributed by atoms with E-state index in [2.05, 4.69) is 20.3 Å². The molecule has 7 nitrogen and oxygen atoms in total. The monoisotopic (exact) mass is 370 g/mol. The summed E-state index contributed by atoms with van der Waals surface area (Å²) >= 11 is 0. The molecule has 7 heteroatoms. The van der Waals surface area contributed by atoms with Crippen molar-refractivity contribution in [2.75, 3.05) is 16.8 Å². The van der Waals surface area contributed by atoms with E-state index in [9.17, 15) is 0 Å². The van der Waals surface area contributed by atoms with Crippen LogP contribution in [0.4, 0.5) is 23.3 Å². The van der Waals surface area contributed by atoms with Crippen LogP contribution in [0.2, 0.25) is 0 Å². The average Bonchev–Trinajstić information content (AvgIpc) is 2.70. The maximum atomic E-state index is 5.88. The van der Waals surface area contributed by atoms with Crippen LogP contribution in [0.5, 0.6) is 11.5 Å². The van der Waals surface area contributed by atoms with Crippen LogP contribution in [0.3, 0.4) is 0 Å². The minimum absolute atomic E-state index is 0.207. The number of nitrogens with one attached hydrogen (secondary N) is 1. The van der Waals surface area contributed by atoms with E-state index in [0.717, 1.165) is 16.9 Å². The van der Waals surface area contributed by atoms with Crippen molar-refractivity contribution in [1.29, 1.82) is 0 Å². The first-order valence-corrected chi connectivity index (χ1v) is 8.62. The number of aromatic nitrogens is 3. The predicted molar refractivity (Wildman–Crippen MR) is 110 cm³/mol. The summed E-state index contributed by atoms with van der Waals surface area (Å²) in [6.45, 7) is 0. The second-order valence-electron chi connectivity index (χ2n) is 6.03. The Morgan fingerprint density at radius 1 is 0.786 bits per heavy atom. The van der Waals surface area contributed by atoms with Crippen LogP contribution in [-0.2, 0) is 0 Å². The van der Waals surface area contributed by atoms with Gasteiger partial charge in [-0.05, 0) is 30.3 Å². The van der Waals surface area contributed by atoms with Crippen LogP contribution in [0.25, 0.3) is 11.3 Å². The maximum Gasteiger partial charge on any atom is 0.222 e. The lowest BCUT2D eigenvalue weighted by atomic mass is 10.1. The van der Waals surface area contributed by atoms with Gasteiger partial charge in [-0.3, -0.25) is 0 Å². The minimum Gasteiger partial charge on any atom is -0.457 e. The molecule has 0 saturated carbocycles. The third-order valence-corrected chi connectivity index (χ3v) is 3.93. The van der Waals surface area contributed by atoms with Gasteiger partial charge in [-0.1, -0.05) is 30.3 Å². The molecule has 0 aliphatic carbocycles. The fourth-order valence-electron chi connectivity index (χ4n) is 2.67. The SMILES string of the molecule is Nc1cc(Oc2ccc(Nc3cc(-c4ccccc4)nc(N)n3)cc2)ccn1. The fourth-order valence-corrected chi connectivity index (χ4v) is 2.67. The lowest BCUT2D eigenvalue weighted by Gasteiger charge is -2.10. The van der Waals surface area contributed by atoms with Gasteiger partial charge in [0.15, 0.2) is 0 Å². The quantitative estimate of drug-likeness (QED) is 0.482. The Balaban J connectivity index is 1.51. The zero-order valence-corrected chi connectivity index (χ0v) is 14.9. The first-order chi connectivity index (χ1) is 13.7. The van der Waals surface area contributed by atoms with Gasteiger partial charge in [0.2, 0.25) is 5.95 Å². The molecular formula is C21H18N6O. The molecule has 0 atom stereocenters. The lowest BCUT2D eigenvalue weighted by molar-refractivity contribution is 0.482. The first kappa shape index (κ1) is 17.3. The van der Waals surface area contributed by atoms with Gasteiger partial charge in [0, 0.05) is 29.6 Å². The zero-order chi connectivity index (χ0) is 19.3. The maximum absolute atomic E-state index is 5.88. The fraction of sp³-hybridized carbons (Fsp3) is 0. The molecule has 0 spiro atoms. The molecule has 28 heavy (non-hydrogen) atoms. The van der Waals surface area contributed by atoms with E-state index in [1.807, 2.05) is 60.7 Å². The summed E-state index contributed by atoms with van der Waals surface area (Å²) in [5.41, 5.74) is 14.1. The van der Waals surface area contributed by atoms with Gasteiger partial charge in [0.1, 0.15) is 23.1 Å². The van der Waals surface area contributed by atoms with Crippen LogP contribution in [0.15, 0.2) is 79.0 Å². The lowest BCUT2D eigenvalue weighted by Crippen LogP contribution is -2.01. The van der Waals surface area contributed by atoms with Gasteiger partial charge in [-0.25, -0.2) is 9.97 Å². The van der Waals surface area contributed by atoms with E-state index < -0.39 is 0 Å². The van der Waals surface area contributed by atoms with Gasteiger partial charge in [-0.2, -0.15) is 4.98 Å². The Labute approximate surface area is 162 Å². The second-order valence-corrected chi connectivity index (χ2v) is 6.03. The number of nitrogen functional groups attached to an aromatic ring is 2. The van der Waals surface area contributed by atoms with E-state index in [4.69, 9.17) is 16.2 Å². The van der Waals surface area contributed by atoms with Crippen molar-refractivity contribution in [3.05, 3.63) is 79.0 Å². The number of hydrogen-bond donors (Lipinski definition) is 3. The van der Waals surface area contributed by atoms with Crippen molar-refractivity contribution in [3.63, 3.8) is 0 Å². The van der Waals surface area contributed by atoms with Crippen LogP contribution >= 0.6 is 0 Å². The largest absolute Gasteiger partial charge is 0.457 e. The molecule has 5 N–H and O–H groups in total. The van der Waals surface area contributed by atoms with Crippen LogP contribution in [0, 0.1) is 0 Å². The molecule has 2 aromatic carbocycles. The van der Waals surface area contributed by atoms with E-state index in [1.54, 1.807) is 18.3 Å². The minimum atomic E-state index is 0.207. The molecule has 4 aromatic rings. The highest BCUT2D eigenvalue weighted by Gasteiger charge is 2.06. The number of benzene rings is 2. The summed E-state index contributed by atoms with van der Waals surface area (Å²) in [4.78, 5) is 12.5. The summed E-state index contributed by atoms with van der Waals surface area (Å²) in [5.74, 6) is 2.54. The highest BCUT2D eigenvalue weighted by Crippen LogP contribution is 2.26. The Kier molecular flexibility index (Phi) is 4.71. The number of nitrogens with zero attached hydrogens (tertiary/aromatic N) is 3. The van der Waals surface area contributed by atoms with Crippen molar-refractivity contribution in [3.8, 4) is 22.8 Å². The summed E-state index contributed by atoms with van der Waals surface area (Å²) in [6.07, 6.45) is 1.60. The average molecular weight is 370 g/mol. The molecule has 2 heterocycles. The van der Waals surface area contributed by atoms with Gasteiger partial charge >= 0.3 is 0 Å². The van der Waals surface area contributed by atoms with Crippen molar-refractivity contribution < 1.29 is 4.74 Å². The normalized spacial score (nSPS) is 10.4. The Morgan fingerprint density at radius 3 is 2.32 bits per heavy atom. The van der Waals surface area contributed by atoms with Gasteiger partial charge < -0.3 is 21.5 Å². The first-order valence-electron chi connectivity index (χ1n) is 8.62. The van der Waals surface area contributed by atoms with Crippen LogP contribution < -0.4 is 21.5 Å². The van der Waals surface area contributed by atoms with Crippen LogP contribution in [0.1, 0.15) is 0 Å². The molecule has 0 unspecified atom stereocenters. The van der Waals surface area contributed by atoms with Gasteiger partial charge in [-0.15, -0.1) is 0 Å². The van der Waals surface area contributed by atoms with Crippen molar-refractivity contribution in [2.45, 2.75) is 0 Å². The topological polar surface area (TPSA) is 112 Å².